The minimum absolute atomic E-state index is 0.0421. The molecule has 3 aromatic rings. The van der Waals surface area contributed by atoms with E-state index in [-0.39, 0.29) is 23.9 Å². The molecule has 0 saturated heterocycles. The molecule has 33 heavy (non-hydrogen) atoms. The van der Waals surface area contributed by atoms with Gasteiger partial charge in [-0.25, -0.2) is 4.98 Å². The third kappa shape index (κ3) is 5.28. The van der Waals surface area contributed by atoms with Gasteiger partial charge in [-0.3, -0.25) is 0 Å². The van der Waals surface area contributed by atoms with Crippen LogP contribution in [0.5, 0.6) is 17.2 Å². The molecule has 1 aliphatic rings. The normalized spacial score (nSPS) is 17.8. The lowest BCUT2D eigenvalue weighted by molar-refractivity contribution is 0.0947. The number of benzene rings is 2. The Labute approximate surface area is 193 Å². The lowest BCUT2D eigenvalue weighted by Crippen LogP contribution is -2.15. The van der Waals surface area contributed by atoms with Crippen LogP contribution in [-0.4, -0.2) is 41.0 Å². The summed E-state index contributed by atoms with van der Waals surface area (Å²) in [7, 11) is 1.74. The van der Waals surface area contributed by atoms with Crippen LogP contribution in [0.25, 0.3) is 11.1 Å². The Hall–Kier alpha value is -3.52. The summed E-state index contributed by atoms with van der Waals surface area (Å²) in [4.78, 5) is 8.15. The molecule has 0 bridgehead atoms. The smallest absolute Gasteiger partial charge is 0.221 e. The fourth-order valence-electron chi connectivity index (χ4n) is 4.21. The average molecular weight is 451 g/mol. The van der Waals surface area contributed by atoms with E-state index < -0.39 is 0 Å². The summed E-state index contributed by atoms with van der Waals surface area (Å²) in [5.41, 5.74) is 15.2. The van der Waals surface area contributed by atoms with Crippen LogP contribution < -0.4 is 20.9 Å². The van der Waals surface area contributed by atoms with Gasteiger partial charge in [-0.1, -0.05) is 12.1 Å². The molecule has 174 valence electrons. The quantitative estimate of drug-likeness (QED) is 0.471. The maximum absolute atomic E-state index is 9.78. The molecule has 0 aliphatic heterocycles. The van der Waals surface area contributed by atoms with Gasteiger partial charge >= 0.3 is 0 Å². The van der Waals surface area contributed by atoms with E-state index in [0.29, 0.717) is 24.6 Å². The van der Waals surface area contributed by atoms with Gasteiger partial charge in [0.05, 0.1) is 18.3 Å². The van der Waals surface area contributed by atoms with Gasteiger partial charge in [-0.15, -0.1) is 0 Å². The number of hydrogen-bond acceptors (Lipinski definition) is 8. The van der Waals surface area contributed by atoms with Crippen molar-refractivity contribution in [3.8, 4) is 28.4 Å². The monoisotopic (exact) mass is 450 g/mol. The molecule has 4 rings (SSSR count). The first kappa shape index (κ1) is 22.7. The van der Waals surface area contributed by atoms with E-state index in [0.717, 1.165) is 47.3 Å². The summed E-state index contributed by atoms with van der Waals surface area (Å²) in [5.74, 6) is 2.12. The third-order valence-corrected chi connectivity index (χ3v) is 5.86. The number of hydrogen-bond donors (Lipinski definition) is 3. The molecule has 2 atom stereocenters. The number of aromatic hydroxyl groups is 1. The van der Waals surface area contributed by atoms with E-state index in [4.69, 9.17) is 25.7 Å². The van der Waals surface area contributed by atoms with E-state index in [1.54, 1.807) is 25.4 Å². The summed E-state index contributed by atoms with van der Waals surface area (Å²) < 4.78 is 18.1. The summed E-state index contributed by atoms with van der Waals surface area (Å²) in [6.07, 6.45) is 5.11. The Morgan fingerprint density at radius 2 is 1.79 bits per heavy atom. The first-order valence-corrected chi connectivity index (χ1v) is 11.1. The van der Waals surface area contributed by atoms with Gasteiger partial charge < -0.3 is 30.8 Å². The highest BCUT2D eigenvalue weighted by atomic mass is 16.5. The minimum atomic E-state index is 0.0421. The Balaban J connectivity index is 1.77. The van der Waals surface area contributed by atoms with Crippen molar-refractivity contribution in [2.24, 2.45) is 0 Å². The number of phenolic OH excluding ortho intramolecular Hbond substituents is 1. The third-order valence-electron chi connectivity index (χ3n) is 5.86. The van der Waals surface area contributed by atoms with E-state index in [9.17, 15) is 5.11 Å². The number of phenols is 1. The highest BCUT2D eigenvalue weighted by molar-refractivity contribution is 5.78. The molecule has 1 heterocycles. The van der Waals surface area contributed by atoms with Crippen molar-refractivity contribution < 1.29 is 19.3 Å². The van der Waals surface area contributed by atoms with Gasteiger partial charge in [0.1, 0.15) is 29.2 Å². The molecule has 0 spiro atoms. The van der Waals surface area contributed by atoms with Crippen molar-refractivity contribution >= 4 is 11.8 Å². The molecule has 1 aromatic heterocycles. The van der Waals surface area contributed by atoms with E-state index >= 15 is 0 Å². The summed E-state index contributed by atoms with van der Waals surface area (Å²) in [6, 6.07) is 11.0. The zero-order valence-electron chi connectivity index (χ0n) is 19.0. The number of aromatic nitrogens is 2. The second-order valence-corrected chi connectivity index (χ2v) is 8.17. The molecule has 8 nitrogen and oxygen atoms in total. The van der Waals surface area contributed by atoms with Crippen molar-refractivity contribution in [3.63, 3.8) is 0 Å². The largest absolute Gasteiger partial charge is 0.508 e. The Morgan fingerprint density at radius 1 is 1.06 bits per heavy atom. The molecule has 5 N–H and O–H groups in total. The Kier molecular flexibility index (Phi) is 6.84. The Bertz CT molecular complexity index is 1100. The van der Waals surface area contributed by atoms with Crippen LogP contribution in [0.4, 0.5) is 11.8 Å². The van der Waals surface area contributed by atoms with Crippen molar-refractivity contribution in [1.82, 2.24) is 9.97 Å². The number of nitrogen functional groups attached to an aromatic ring is 2. The number of rotatable bonds is 8. The minimum Gasteiger partial charge on any atom is -0.508 e. The lowest BCUT2D eigenvalue weighted by atomic mass is 9.98. The fraction of sp³-hybridized carbons (Fsp3) is 0.360. The summed E-state index contributed by atoms with van der Waals surface area (Å²) in [5, 5.41) is 9.78. The van der Waals surface area contributed by atoms with Gasteiger partial charge in [-0.05, 0) is 55.2 Å². The van der Waals surface area contributed by atoms with Crippen LogP contribution >= 0.6 is 0 Å². The zero-order chi connectivity index (χ0) is 23.4. The standard InChI is InChI=1S/C25H30N4O4/c1-3-32-21-11-15(10-17-14-28-25(27)29-24(17)26)12-22(33-20-9-8-19(13-20)31-2)23(21)16-4-6-18(30)7-5-16/h4-7,11-12,14,19-20,30H,3,8-10,13H2,1-2H3,(H4,26,27,28,29). The molecule has 2 aromatic carbocycles. The van der Waals surface area contributed by atoms with Crippen LogP contribution in [-0.2, 0) is 11.2 Å². The maximum Gasteiger partial charge on any atom is 0.221 e. The number of ether oxygens (including phenoxy) is 3. The molecule has 1 aliphatic carbocycles. The molecule has 2 unspecified atom stereocenters. The first-order chi connectivity index (χ1) is 16.0. The summed E-state index contributed by atoms with van der Waals surface area (Å²) >= 11 is 0. The van der Waals surface area contributed by atoms with E-state index in [1.165, 1.54) is 0 Å². The van der Waals surface area contributed by atoms with Crippen molar-refractivity contribution in [2.75, 3.05) is 25.2 Å². The maximum atomic E-state index is 9.78. The zero-order valence-corrected chi connectivity index (χ0v) is 19.0. The number of methoxy groups -OCH3 is 1. The van der Waals surface area contributed by atoms with Crippen molar-refractivity contribution in [2.45, 2.75) is 44.8 Å². The van der Waals surface area contributed by atoms with E-state index in [1.807, 2.05) is 31.2 Å². The van der Waals surface area contributed by atoms with Crippen LogP contribution in [0.3, 0.4) is 0 Å². The van der Waals surface area contributed by atoms with Gasteiger partial charge in [0.2, 0.25) is 5.95 Å². The lowest BCUT2D eigenvalue weighted by Gasteiger charge is -2.21. The molecule has 0 radical (unpaired) electrons. The molecular formula is C25H30N4O4. The van der Waals surface area contributed by atoms with Crippen LogP contribution in [0, 0.1) is 0 Å². The van der Waals surface area contributed by atoms with Crippen LogP contribution in [0.15, 0.2) is 42.6 Å². The topological polar surface area (TPSA) is 126 Å². The van der Waals surface area contributed by atoms with Gasteiger partial charge in [0.25, 0.3) is 0 Å². The fourth-order valence-corrected chi connectivity index (χ4v) is 4.21. The number of anilines is 2. The predicted molar refractivity (Wildman–Crippen MR) is 127 cm³/mol. The number of nitrogens with two attached hydrogens (primary N) is 2. The molecule has 1 fully saturated rings. The molecular weight excluding hydrogens is 420 g/mol. The highest BCUT2D eigenvalue weighted by Gasteiger charge is 2.28. The highest BCUT2D eigenvalue weighted by Crippen LogP contribution is 2.42. The second-order valence-electron chi connectivity index (χ2n) is 8.17. The van der Waals surface area contributed by atoms with Gasteiger partial charge in [0, 0.05) is 31.7 Å². The SMILES string of the molecule is CCOc1cc(Cc2cnc(N)nc2N)cc(OC2CCC(OC)C2)c1-c1ccc(O)cc1. The van der Waals surface area contributed by atoms with E-state index in [2.05, 4.69) is 9.97 Å². The van der Waals surface area contributed by atoms with Crippen molar-refractivity contribution in [1.29, 1.82) is 0 Å². The second kappa shape index (κ2) is 9.95. The van der Waals surface area contributed by atoms with Crippen molar-refractivity contribution in [3.05, 3.63) is 53.7 Å². The first-order valence-electron chi connectivity index (χ1n) is 11.1. The van der Waals surface area contributed by atoms with Gasteiger partial charge in [-0.2, -0.15) is 4.98 Å². The van der Waals surface area contributed by atoms with Gasteiger partial charge in [0.15, 0.2) is 0 Å². The molecule has 0 amide bonds. The van der Waals surface area contributed by atoms with Crippen LogP contribution in [0.1, 0.15) is 37.3 Å². The summed E-state index contributed by atoms with van der Waals surface area (Å²) in [6.45, 7) is 2.44. The predicted octanol–water partition coefficient (Wildman–Crippen LogP) is 3.95. The molecule has 1 saturated carbocycles. The van der Waals surface area contributed by atoms with Crippen LogP contribution in [0.2, 0.25) is 0 Å². The average Bonchev–Trinajstić information content (AvgIpc) is 3.24. The Morgan fingerprint density at radius 3 is 2.45 bits per heavy atom. The molecule has 8 heteroatoms. The number of nitrogens with zero attached hydrogens (tertiary/aromatic N) is 2.